The van der Waals surface area contributed by atoms with Gasteiger partial charge in [0.25, 0.3) is 0 Å². The highest BCUT2D eigenvalue weighted by Crippen LogP contribution is 2.28. The van der Waals surface area contributed by atoms with Gasteiger partial charge in [-0.1, -0.05) is 37.5 Å². The Morgan fingerprint density at radius 1 is 1.17 bits per heavy atom. The van der Waals surface area contributed by atoms with E-state index in [-0.39, 0.29) is 6.51 Å². The first-order chi connectivity index (χ1) is 16.7. The van der Waals surface area contributed by atoms with E-state index in [9.17, 15) is 4.79 Å². The molecule has 1 aliphatic heterocycles. The summed E-state index contributed by atoms with van der Waals surface area (Å²) in [5.74, 6) is 2.20. The Balaban J connectivity index is 0.000000269. The summed E-state index contributed by atoms with van der Waals surface area (Å²) in [5, 5.41) is 2.64. The highest BCUT2D eigenvalue weighted by Gasteiger charge is 2.22. The number of nitrogens with one attached hydrogen (secondary N) is 1. The first kappa shape index (κ1) is 28.2. The van der Waals surface area contributed by atoms with E-state index < -0.39 is 0 Å². The van der Waals surface area contributed by atoms with Crippen LogP contribution in [0.15, 0.2) is 58.7 Å². The molecule has 0 spiro atoms. The molecule has 2 atom stereocenters. The molecule has 4 radical (unpaired) electrons. The lowest BCUT2D eigenvalue weighted by molar-refractivity contribution is -0.105. The fourth-order valence-corrected chi connectivity index (χ4v) is 4.06. The Morgan fingerprint density at radius 3 is 2.40 bits per heavy atom. The summed E-state index contributed by atoms with van der Waals surface area (Å²) in [4.78, 5) is 17.2. The van der Waals surface area contributed by atoms with Gasteiger partial charge in [0.1, 0.15) is 21.4 Å². The number of aliphatic imine (C=N–C) groups is 1. The highest BCUT2D eigenvalue weighted by atomic mass is 16.5. The van der Waals surface area contributed by atoms with Gasteiger partial charge in [0.2, 0.25) is 6.41 Å². The summed E-state index contributed by atoms with van der Waals surface area (Å²) in [6, 6.07) is 13.1. The fourth-order valence-electron chi connectivity index (χ4n) is 4.06. The molecule has 3 N–H and O–H groups in total. The number of carbonyl (C=O) groups is 1. The van der Waals surface area contributed by atoms with Crippen molar-refractivity contribution in [2.45, 2.75) is 40.7 Å². The van der Waals surface area contributed by atoms with Gasteiger partial charge in [-0.2, -0.15) is 0 Å². The highest BCUT2D eigenvalue weighted by molar-refractivity contribution is 6.32. The van der Waals surface area contributed by atoms with E-state index in [4.69, 9.17) is 26.2 Å². The van der Waals surface area contributed by atoms with E-state index in [1.54, 1.807) is 6.21 Å². The predicted molar refractivity (Wildman–Crippen MR) is 148 cm³/mol. The largest absolute Gasteiger partial charge is 0.503 e. The zero-order valence-corrected chi connectivity index (χ0v) is 21.3. The third-order valence-electron chi connectivity index (χ3n) is 5.79. The lowest BCUT2D eigenvalue weighted by atomic mass is 9.91. The summed E-state index contributed by atoms with van der Waals surface area (Å²) in [6.07, 6.45) is 3.71. The van der Waals surface area contributed by atoms with Crippen molar-refractivity contribution in [2.24, 2.45) is 22.6 Å². The molecule has 1 fully saturated rings. The van der Waals surface area contributed by atoms with Crippen LogP contribution in [0.4, 0.5) is 11.4 Å². The number of allylic oxidation sites excluding steroid dienone is 2. The number of hydrogen-bond donors (Lipinski definition) is 2. The third kappa shape index (κ3) is 10.0. The zero-order valence-electron chi connectivity index (χ0n) is 21.3. The number of likely N-dealkylation sites (tertiary alicyclic amines) is 1. The van der Waals surface area contributed by atoms with Crippen LogP contribution in [-0.4, -0.2) is 52.8 Å². The molecule has 2 unspecified atom stereocenters. The number of amides is 1. The average molecular weight is 470 g/mol. The maximum Gasteiger partial charge on any atom is 0.211 e. The summed E-state index contributed by atoms with van der Waals surface area (Å²) in [5.41, 5.74) is 10.8. The quantitative estimate of drug-likeness (QED) is 0.351. The van der Waals surface area contributed by atoms with E-state index in [1.807, 2.05) is 56.3 Å². The predicted octanol–water partition coefficient (Wildman–Crippen LogP) is 3.67. The average Bonchev–Trinajstić information content (AvgIpc) is 2.80. The van der Waals surface area contributed by atoms with Crippen LogP contribution in [0.25, 0.3) is 0 Å². The normalized spacial score (nSPS) is 18.9. The van der Waals surface area contributed by atoms with E-state index in [0.29, 0.717) is 6.41 Å². The minimum atomic E-state index is 0.129. The van der Waals surface area contributed by atoms with Gasteiger partial charge in [0.05, 0.1) is 5.69 Å². The Hall–Kier alpha value is -2.99. The number of hydrogen-bond acceptors (Lipinski definition) is 5. The van der Waals surface area contributed by atoms with Crippen LogP contribution in [-0.2, 0) is 11.3 Å². The van der Waals surface area contributed by atoms with Crippen LogP contribution >= 0.6 is 0 Å². The molecule has 6 nitrogen and oxygen atoms in total. The Morgan fingerprint density at radius 2 is 1.83 bits per heavy atom. The lowest BCUT2D eigenvalue weighted by Crippen LogP contribution is -2.38. The first-order valence-corrected chi connectivity index (χ1v) is 11.9. The van der Waals surface area contributed by atoms with E-state index in [2.05, 4.69) is 29.1 Å². The molecule has 1 aliphatic rings. The fraction of sp³-hybridized carbons (Fsp3) is 0.407. The molecule has 35 heavy (non-hydrogen) atoms. The van der Waals surface area contributed by atoms with Crippen molar-refractivity contribution in [1.29, 1.82) is 0 Å². The van der Waals surface area contributed by atoms with Gasteiger partial charge in [-0.05, 0) is 55.9 Å². The summed E-state index contributed by atoms with van der Waals surface area (Å²) in [7, 11) is 11.1. The number of ether oxygens (including phenoxy) is 1. The van der Waals surface area contributed by atoms with Gasteiger partial charge in [0.15, 0.2) is 0 Å². The SMILES string of the molecule is [B]COc1cc(NC=O)ccc1CN1CC(C)CC(C)C1.[B]c1ccc(N=C/C(C)=C(/C)N)cc1. The van der Waals surface area contributed by atoms with Gasteiger partial charge in [-0.25, -0.2) is 0 Å². The van der Waals surface area contributed by atoms with Crippen molar-refractivity contribution in [3.05, 3.63) is 59.3 Å². The number of piperidine rings is 1. The molecule has 1 saturated heterocycles. The molecule has 1 heterocycles. The lowest BCUT2D eigenvalue weighted by Gasteiger charge is -2.35. The molecule has 0 aromatic heterocycles. The van der Waals surface area contributed by atoms with Gasteiger partial charge in [-0.3, -0.25) is 14.7 Å². The monoisotopic (exact) mass is 470 g/mol. The maximum atomic E-state index is 10.5. The Kier molecular flexibility index (Phi) is 11.6. The van der Waals surface area contributed by atoms with Crippen molar-refractivity contribution in [1.82, 2.24) is 4.90 Å². The van der Waals surface area contributed by atoms with Crippen molar-refractivity contribution >= 4 is 45.2 Å². The van der Waals surface area contributed by atoms with E-state index in [0.717, 1.165) is 70.9 Å². The topological polar surface area (TPSA) is 80.0 Å². The maximum absolute atomic E-state index is 10.5. The van der Waals surface area contributed by atoms with Gasteiger partial charge < -0.3 is 15.8 Å². The van der Waals surface area contributed by atoms with Crippen molar-refractivity contribution < 1.29 is 9.53 Å². The smallest absolute Gasteiger partial charge is 0.211 e. The molecule has 3 rings (SSSR count). The van der Waals surface area contributed by atoms with Gasteiger partial charge in [-0.15, -0.1) is 0 Å². The Bertz CT molecular complexity index is 995. The number of nitrogens with two attached hydrogens (primary N) is 1. The molecule has 0 bridgehead atoms. The van der Waals surface area contributed by atoms with Crippen LogP contribution in [0.2, 0.25) is 0 Å². The van der Waals surface area contributed by atoms with Crippen LogP contribution in [0, 0.1) is 11.8 Å². The molecule has 2 aromatic carbocycles. The number of rotatable bonds is 8. The number of nitrogens with zero attached hydrogens (tertiary/aromatic N) is 2. The third-order valence-corrected chi connectivity index (χ3v) is 5.79. The van der Waals surface area contributed by atoms with Crippen molar-refractivity contribution in [3.63, 3.8) is 0 Å². The number of anilines is 1. The molecular formula is C27H36B2N4O2. The standard InChI is InChI=1S/C16H23BN2O2.C11H13BN2/c1-12-5-13(2)8-19(7-12)9-14-3-4-15(18-11-20)6-16(14)21-10-17;1-8(9(2)13)7-14-11-5-3-10(12)4-6-11/h3-4,6,11-13H,5,7-10H2,1-2H3,(H,18,20);3-7H,13H2,1-2H3/b;9-8-,14-7?. The van der Waals surface area contributed by atoms with Gasteiger partial charge >= 0.3 is 0 Å². The van der Waals surface area contributed by atoms with E-state index in [1.165, 1.54) is 6.42 Å². The van der Waals surface area contributed by atoms with Gasteiger partial charge in [0, 0.05) is 55.4 Å². The molecule has 2 aromatic rings. The van der Waals surface area contributed by atoms with Crippen molar-refractivity contribution in [2.75, 3.05) is 24.9 Å². The summed E-state index contributed by atoms with van der Waals surface area (Å²) >= 11 is 0. The second-order valence-electron chi connectivity index (χ2n) is 9.25. The first-order valence-electron chi connectivity index (χ1n) is 11.9. The molecule has 8 heteroatoms. The second-order valence-corrected chi connectivity index (χ2v) is 9.25. The second kappa shape index (κ2) is 14.4. The zero-order chi connectivity index (χ0) is 25.8. The molecule has 0 aliphatic carbocycles. The van der Waals surface area contributed by atoms with Crippen LogP contribution in [0.5, 0.6) is 5.75 Å². The van der Waals surface area contributed by atoms with Crippen LogP contribution in [0.3, 0.4) is 0 Å². The minimum Gasteiger partial charge on any atom is -0.503 e. The molecule has 0 saturated carbocycles. The summed E-state index contributed by atoms with van der Waals surface area (Å²) < 4.78 is 5.51. The molecular weight excluding hydrogens is 434 g/mol. The van der Waals surface area contributed by atoms with E-state index >= 15 is 0 Å². The molecule has 182 valence electrons. The Labute approximate surface area is 212 Å². The van der Waals surface area contributed by atoms with Crippen molar-refractivity contribution in [3.8, 4) is 5.75 Å². The molecule has 1 amide bonds. The van der Waals surface area contributed by atoms with Crippen LogP contribution in [0.1, 0.15) is 39.7 Å². The number of benzene rings is 2. The number of carbonyl (C=O) groups excluding carboxylic acids is 1. The van der Waals surface area contributed by atoms with Crippen LogP contribution < -0.4 is 21.3 Å². The summed E-state index contributed by atoms with van der Waals surface area (Å²) in [6.45, 7) is 11.6. The minimum absolute atomic E-state index is 0.129.